The van der Waals surface area contributed by atoms with E-state index < -0.39 is 9.84 Å². The summed E-state index contributed by atoms with van der Waals surface area (Å²) in [7, 11) is -3.34. The number of likely N-dealkylation sites (tertiary alicyclic amines) is 1. The van der Waals surface area contributed by atoms with E-state index in [1.807, 2.05) is 18.7 Å². The minimum absolute atomic E-state index is 0.0685. The molecule has 0 radical (unpaired) electrons. The van der Waals surface area contributed by atoms with Crippen molar-refractivity contribution in [2.24, 2.45) is 0 Å². The molecule has 2 aliphatic heterocycles. The van der Waals surface area contributed by atoms with Crippen LogP contribution in [0.4, 0.5) is 10.7 Å². The Morgan fingerprint density at radius 2 is 1.60 bits per heavy atom. The molecule has 1 amide bonds. The first-order chi connectivity index (χ1) is 16.6. The average Bonchev–Trinajstić information content (AvgIpc) is 2.81. The van der Waals surface area contributed by atoms with E-state index in [1.54, 1.807) is 4.90 Å². The maximum atomic E-state index is 13.1. The normalized spacial score (nSPS) is 22.3. The topological polar surface area (TPSA) is 95.9 Å². The van der Waals surface area contributed by atoms with Crippen LogP contribution >= 0.6 is 0 Å². The van der Waals surface area contributed by atoms with E-state index in [9.17, 15) is 13.2 Å². The van der Waals surface area contributed by atoms with Gasteiger partial charge in [0, 0.05) is 39.0 Å². The van der Waals surface area contributed by atoms with E-state index in [0.717, 1.165) is 38.7 Å². The number of carbonyl (C=O) groups is 1. The number of sulfone groups is 1. The third-order valence-electron chi connectivity index (χ3n) is 6.78. The molecule has 9 nitrogen and oxygen atoms in total. The third-order valence-corrected chi connectivity index (χ3v) is 7.85. The number of anilines is 1. The van der Waals surface area contributed by atoms with Crippen LogP contribution in [0.25, 0.3) is 0 Å². The van der Waals surface area contributed by atoms with Crippen molar-refractivity contribution in [3.05, 3.63) is 47.8 Å². The zero-order valence-corrected chi connectivity index (χ0v) is 21.7. The maximum absolute atomic E-state index is 13.1. The minimum Gasteiger partial charge on any atom is -0.446 e. The van der Waals surface area contributed by atoms with Crippen molar-refractivity contribution in [3.63, 3.8) is 0 Å². The van der Waals surface area contributed by atoms with Gasteiger partial charge in [-0.1, -0.05) is 29.8 Å². The molecule has 0 aliphatic carbocycles. The van der Waals surface area contributed by atoms with E-state index in [4.69, 9.17) is 4.74 Å². The second-order valence-electron chi connectivity index (χ2n) is 9.85. The number of aromatic nitrogens is 2. The molecule has 0 unspecified atom stereocenters. The van der Waals surface area contributed by atoms with E-state index in [2.05, 4.69) is 46.1 Å². The van der Waals surface area contributed by atoms with Crippen LogP contribution in [-0.4, -0.2) is 84.9 Å². The molecule has 190 valence electrons. The Balaban J connectivity index is 1.28. The van der Waals surface area contributed by atoms with Gasteiger partial charge in [-0.2, -0.15) is 0 Å². The van der Waals surface area contributed by atoms with E-state index in [0.29, 0.717) is 19.0 Å². The molecular weight excluding hydrogens is 466 g/mol. The summed E-state index contributed by atoms with van der Waals surface area (Å²) >= 11 is 0. The van der Waals surface area contributed by atoms with Crippen molar-refractivity contribution in [1.29, 1.82) is 0 Å². The summed E-state index contributed by atoms with van der Waals surface area (Å²) in [4.78, 5) is 27.8. The fourth-order valence-corrected chi connectivity index (χ4v) is 5.34. The Labute approximate surface area is 208 Å². The lowest BCUT2D eigenvalue weighted by molar-refractivity contribution is 0.00995. The Morgan fingerprint density at radius 3 is 2.14 bits per heavy atom. The Hall–Kier alpha value is -2.72. The van der Waals surface area contributed by atoms with Crippen LogP contribution in [0.3, 0.4) is 0 Å². The largest absolute Gasteiger partial charge is 0.446 e. The second-order valence-corrected chi connectivity index (χ2v) is 11.9. The first-order valence-corrected chi connectivity index (χ1v) is 14.0. The van der Waals surface area contributed by atoms with Crippen molar-refractivity contribution in [3.8, 4) is 0 Å². The number of rotatable bonds is 5. The smallest absolute Gasteiger partial charge is 0.410 e. The summed E-state index contributed by atoms with van der Waals surface area (Å²) in [5.41, 5.74) is 2.57. The van der Waals surface area contributed by atoms with Crippen LogP contribution < -0.4 is 4.90 Å². The van der Waals surface area contributed by atoms with Gasteiger partial charge in [-0.15, -0.1) is 0 Å². The molecule has 0 saturated carbocycles. The van der Waals surface area contributed by atoms with Crippen molar-refractivity contribution < 1.29 is 17.9 Å². The van der Waals surface area contributed by atoms with Crippen molar-refractivity contribution >= 4 is 21.9 Å². The molecule has 0 spiro atoms. The van der Waals surface area contributed by atoms with Crippen LogP contribution in [0, 0.1) is 6.92 Å². The quantitative estimate of drug-likeness (QED) is 0.617. The van der Waals surface area contributed by atoms with Crippen LogP contribution in [0.2, 0.25) is 0 Å². The van der Waals surface area contributed by atoms with Gasteiger partial charge in [0.25, 0.3) is 0 Å². The molecule has 35 heavy (non-hydrogen) atoms. The standard InChI is InChI=1S/C25H35N5O4S/c1-18-5-7-21(8-6-18)17-28-11-9-22(10-12-28)34-25(31)30-19(2)15-29(16-20(30)3)24-26-13-23(14-27-24)35(4,32)33/h5-8,13-14,19-20,22H,9-12,15-17H2,1-4H3/t19-,20+. The van der Waals surface area contributed by atoms with Gasteiger partial charge in [-0.3, -0.25) is 9.80 Å². The number of hydrogen-bond acceptors (Lipinski definition) is 8. The number of piperidine rings is 1. The molecule has 2 fully saturated rings. The lowest BCUT2D eigenvalue weighted by atomic mass is 10.1. The highest BCUT2D eigenvalue weighted by molar-refractivity contribution is 7.90. The number of aryl methyl sites for hydroxylation is 1. The molecule has 0 bridgehead atoms. The third kappa shape index (κ3) is 6.29. The van der Waals surface area contributed by atoms with Gasteiger partial charge < -0.3 is 9.64 Å². The van der Waals surface area contributed by atoms with E-state index in [1.165, 1.54) is 23.5 Å². The van der Waals surface area contributed by atoms with Crippen LogP contribution in [0.15, 0.2) is 41.6 Å². The predicted molar refractivity (Wildman–Crippen MR) is 134 cm³/mol. The summed E-state index contributed by atoms with van der Waals surface area (Å²) in [5.74, 6) is 0.463. The summed E-state index contributed by atoms with van der Waals surface area (Å²) in [6, 6.07) is 8.45. The molecule has 0 N–H and O–H groups in total. The van der Waals surface area contributed by atoms with Gasteiger partial charge in [-0.25, -0.2) is 23.2 Å². The van der Waals surface area contributed by atoms with Crippen LogP contribution in [0.5, 0.6) is 0 Å². The van der Waals surface area contributed by atoms with Crippen molar-refractivity contribution in [1.82, 2.24) is 19.8 Å². The summed E-state index contributed by atoms with van der Waals surface area (Å²) in [6.07, 6.45) is 5.13. The van der Waals surface area contributed by atoms with Gasteiger partial charge in [0.15, 0.2) is 9.84 Å². The predicted octanol–water partition coefficient (Wildman–Crippen LogP) is 2.89. The van der Waals surface area contributed by atoms with Gasteiger partial charge in [-0.05, 0) is 39.2 Å². The zero-order chi connectivity index (χ0) is 25.2. The fourth-order valence-electron chi connectivity index (χ4n) is 4.85. The lowest BCUT2D eigenvalue weighted by Crippen LogP contribution is -2.59. The summed E-state index contributed by atoms with van der Waals surface area (Å²) in [5, 5.41) is 0. The highest BCUT2D eigenvalue weighted by atomic mass is 32.2. The molecule has 2 aromatic rings. The van der Waals surface area contributed by atoms with Gasteiger partial charge in [0.1, 0.15) is 11.0 Å². The Morgan fingerprint density at radius 1 is 1.03 bits per heavy atom. The zero-order valence-electron chi connectivity index (χ0n) is 20.9. The number of amides is 1. The molecule has 1 aromatic carbocycles. The summed E-state index contributed by atoms with van der Waals surface area (Å²) < 4.78 is 29.2. The minimum atomic E-state index is -3.34. The van der Waals surface area contributed by atoms with Gasteiger partial charge in [0.05, 0.1) is 24.5 Å². The van der Waals surface area contributed by atoms with Crippen LogP contribution in [-0.2, 0) is 21.1 Å². The lowest BCUT2D eigenvalue weighted by Gasteiger charge is -2.44. The number of ether oxygens (including phenoxy) is 1. The number of benzene rings is 1. The first-order valence-electron chi connectivity index (χ1n) is 12.1. The van der Waals surface area contributed by atoms with Crippen LogP contribution in [0.1, 0.15) is 37.8 Å². The van der Waals surface area contributed by atoms with Gasteiger partial charge >= 0.3 is 6.09 Å². The molecule has 10 heteroatoms. The molecule has 1 aromatic heterocycles. The van der Waals surface area contributed by atoms with E-state index >= 15 is 0 Å². The molecule has 2 saturated heterocycles. The SMILES string of the molecule is Cc1ccc(CN2CCC(OC(=O)N3[C@H](C)CN(c4ncc(S(C)(=O)=O)cn4)C[C@@H]3C)CC2)cc1. The number of piperazine rings is 1. The van der Waals surface area contributed by atoms with Crippen molar-refractivity contribution in [2.45, 2.75) is 63.2 Å². The molecular formula is C25H35N5O4S. The molecule has 3 heterocycles. The molecule has 2 atom stereocenters. The number of carbonyl (C=O) groups excluding carboxylic acids is 1. The monoisotopic (exact) mass is 501 g/mol. The number of hydrogen-bond donors (Lipinski definition) is 0. The number of nitrogens with zero attached hydrogens (tertiary/aromatic N) is 5. The highest BCUT2D eigenvalue weighted by Gasteiger charge is 2.36. The second kappa shape index (κ2) is 10.5. The Kier molecular flexibility index (Phi) is 7.61. The Bertz CT molecular complexity index is 1100. The maximum Gasteiger partial charge on any atom is 0.410 e. The summed E-state index contributed by atoms with van der Waals surface area (Å²) in [6.45, 7) is 9.90. The first kappa shape index (κ1) is 25.4. The molecule has 2 aliphatic rings. The van der Waals surface area contributed by atoms with Crippen molar-refractivity contribution in [2.75, 3.05) is 37.3 Å². The average molecular weight is 502 g/mol. The highest BCUT2D eigenvalue weighted by Crippen LogP contribution is 2.23. The fraction of sp³-hybridized carbons (Fsp3) is 0.560. The van der Waals surface area contributed by atoms with E-state index in [-0.39, 0.29) is 29.2 Å². The molecule has 4 rings (SSSR count). The van der Waals surface area contributed by atoms with Gasteiger partial charge in [0.2, 0.25) is 5.95 Å².